The Hall–Kier alpha value is -2.15. The second kappa shape index (κ2) is 4.15. The molecule has 16 heavy (non-hydrogen) atoms. The van der Waals surface area contributed by atoms with Crippen molar-refractivity contribution in [3.05, 3.63) is 47.5 Å². The fraction of sp³-hybridized carbons (Fsp3) is 0.167. The summed E-state index contributed by atoms with van der Waals surface area (Å²) in [6, 6.07) is 8.26. The Bertz CT molecular complexity index is 552. The number of aryl methyl sites for hydroxylation is 1. The summed E-state index contributed by atoms with van der Waals surface area (Å²) >= 11 is 0. The van der Waals surface area contributed by atoms with Crippen molar-refractivity contribution in [3.63, 3.8) is 0 Å². The van der Waals surface area contributed by atoms with Gasteiger partial charge in [-0.2, -0.15) is 10.4 Å². The van der Waals surface area contributed by atoms with Crippen LogP contribution in [-0.4, -0.2) is 9.78 Å². The molecule has 0 saturated heterocycles. The Morgan fingerprint density at radius 1 is 1.50 bits per heavy atom. The van der Waals surface area contributed by atoms with Gasteiger partial charge in [0.2, 0.25) is 0 Å². The van der Waals surface area contributed by atoms with Crippen LogP contribution < -0.4 is 0 Å². The van der Waals surface area contributed by atoms with Gasteiger partial charge < -0.3 is 0 Å². The van der Waals surface area contributed by atoms with Crippen molar-refractivity contribution in [2.24, 2.45) is 0 Å². The molecule has 0 fully saturated rings. The van der Waals surface area contributed by atoms with Gasteiger partial charge in [0.15, 0.2) is 0 Å². The van der Waals surface area contributed by atoms with Crippen LogP contribution in [0.25, 0.3) is 5.69 Å². The maximum atomic E-state index is 13.0. The summed E-state index contributed by atoms with van der Waals surface area (Å²) < 4.78 is 14.6. The molecular formula is C12H10FN3. The van der Waals surface area contributed by atoms with Crippen molar-refractivity contribution < 1.29 is 4.39 Å². The molecule has 0 bridgehead atoms. The van der Waals surface area contributed by atoms with Crippen LogP contribution in [0.4, 0.5) is 4.39 Å². The monoisotopic (exact) mass is 215 g/mol. The molecule has 0 unspecified atom stereocenters. The first-order valence-electron chi connectivity index (χ1n) is 4.89. The highest BCUT2D eigenvalue weighted by molar-refractivity contribution is 5.33. The normalized spacial score (nSPS) is 10.1. The van der Waals surface area contributed by atoms with Gasteiger partial charge in [0.1, 0.15) is 5.82 Å². The van der Waals surface area contributed by atoms with Gasteiger partial charge in [-0.3, -0.25) is 0 Å². The quantitative estimate of drug-likeness (QED) is 0.771. The minimum absolute atomic E-state index is 0.299. The fourth-order valence-corrected chi connectivity index (χ4v) is 1.51. The van der Waals surface area contributed by atoms with Crippen molar-refractivity contribution in [1.29, 1.82) is 5.26 Å². The van der Waals surface area contributed by atoms with E-state index in [1.165, 1.54) is 12.1 Å². The van der Waals surface area contributed by atoms with Crippen molar-refractivity contribution in [2.45, 2.75) is 13.3 Å². The lowest BCUT2D eigenvalue weighted by atomic mass is 10.2. The molecule has 2 rings (SSSR count). The molecule has 0 N–H and O–H groups in total. The second-order valence-corrected chi connectivity index (χ2v) is 3.50. The molecule has 1 heterocycles. The van der Waals surface area contributed by atoms with E-state index in [1.807, 2.05) is 6.92 Å². The van der Waals surface area contributed by atoms with Gasteiger partial charge in [0, 0.05) is 11.8 Å². The van der Waals surface area contributed by atoms with Gasteiger partial charge in [0.05, 0.1) is 23.9 Å². The van der Waals surface area contributed by atoms with Crippen molar-refractivity contribution in [3.8, 4) is 11.8 Å². The van der Waals surface area contributed by atoms with Crippen LogP contribution in [0.2, 0.25) is 0 Å². The summed E-state index contributed by atoms with van der Waals surface area (Å²) in [6.45, 7) is 1.84. The Morgan fingerprint density at radius 3 is 3.00 bits per heavy atom. The van der Waals surface area contributed by atoms with Crippen LogP contribution >= 0.6 is 0 Å². The summed E-state index contributed by atoms with van der Waals surface area (Å²) in [7, 11) is 0. The number of aromatic nitrogens is 2. The molecule has 2 aromatic rings. The molecule has 4 heteroatoms. The van der Waals surface area contributed by atoms with E-state index in [2.05, 4.69) is 11.2 Å². The van der Waals surface area contributed by atoms with Crippen molar-refractivity contribution in [1.82, 2.24) is 9.78 Å². The number of hydrogen-bond donors (Lipinski definition) is 0. The van der Waals surface area contributed by atoms with Gasteiger partial charge in [-0.25, -0.2) is 9.07 Å². The highest BCUT2D eigenvalue weighted by atomic mass is 19.1. The third-order valence-corrected chi connectivity index (χ3v) is 2.34. The van der Waals surface area contributed by atoms with Gasteiger partial charge in [-0.1, -0.05) is 6.07 Å². The number of halogens is 1. The smallest absolute Gasteiger partial charge is 0.125 e. The largest absolute Gasteiger partial charge is 0.240 e. The van der Waals surface area contributed by atoms with E-state index in [1.54, 1.807) is 23.0 Å². The third-order valence-electron chi connectivity index (χ3n) is 2.34. The standard InChI is InChI=1S/C12H10FN3/c1-9-10(5-6-14)8-16(15-9)12-4-2-3-11(13)7-12/h2-4,7-8H,5H2,1H3. The minimum Gasteiger partial charge on any atom is -0.240 e. The average Bonchev–Trinajstić information content (AvgIpc) is 2.61. The lowest BCUT2D eigenvalue weighted by Gasteiger charge is -1.99. The molecule has 1 aromatic carbocycles. The van der Waals surface area contributed by atoms with Gasteiger partial charge in [-0.05, 0) is 25.1 Å². The van der Waals surface area contributed by atoms with Crippen molar-refractivity contribution >= 4 is 0 Å². The van der Waals surface area contributed by atoms with E-state index in [0.717, 1.165) is 11.3 Å². The summed E-state index contributed by atoms with van der Waals surface area (Å²) in [5.41, 5.74) is 2.32. The summed E-state index contributed by atoms with van der Waals surface area (Å²) in [5, 5.41) is 12.9. The molecule has 0 radical (unpaired) electrons. The Morgan fingerprint density at radius 2 is 2.31 bits per heavy atom. The summed E-state index contributed by atoms with van der Waals surface area (Å²) in [4.78, 5) is 0. The Balaban J connectivity index is 2.42. The molecule has 1 aromatic heterocycles. The lowest BCUT2D eigenvalue weighted by Crippen LogP contribution is -1.95. The minimum atomic E-state index is -0.299. The fourth-order valence-electron chi connectivity index (χ4n) is 1.51. The molecule has 80 valence electrons. The first kappa shape index (κ1) is 10.4. The molecule has 0 atom stereocenters. The zero-order chi connectivity index (χ0) is 11.5. The summed E-state index contributed by atoms with van der Waals surface area (Å²) in [6.07, 6.45) is 2.08. The van der Waals surface area contributed by atoms with Crippen LogP contribution in [0.1, 0.15) is 11.3 Å². The molecule has 0 spiro atoms. The highest BCUT2D eigenvalue weighted by Gasteiger charge is 2.06. The average molecular weight is 215 g/mol. The number of nitrogens with zero attached hydrogens (tertiary/aromatic N) is 3. The summed E-state index contributed by atoms with van der Waals surface area (Å²) in [5.74, 6) is -0.299. The van der Waals surface area contributed by atoms with E-state index in [0.29, 0.717) is 12.1 Å². The number of hydrogen-bond acceptors (Lipinski definition) is 2. The molecule has 0 aliphatic carbocycles. The topological polar surface area (TPSA) is 41.6 Å². The van der Waals surface area contributed by atoms with Crippen LogP contribution in [-0.2, 0) is 6.42 Å². The van der Waals surface area contributed by atoms with Gasteiger partial charge in [-0.15, -0.1) is 0 Å². The number of benzene rings is 1. The zero-order valence-corrected chi connectivity index (χ0v) is 8.81. The van der Waals surface area contributed by atoms with Gasteiger partial charge in [0.25, 0.3) is 0 Å². The van der Waals surface area contributed by atoms with E-state index in [4.69, 9.17) is 5.26 Å². The molecule has 0 aliphatic rings. The number of nitriles is 1. The maximum absolute atomic E-state index is 13.0. The zero-order valence-electron chi connectivity index (χ0n) is 8.81. The predicted octanol–water partition coefficient (Wildman–Crippen LogP) is 2.39. The Kier molecular flexibility index (Phi) is 2.69. The van der Waals surface area contributed by atoms with Crippen LogP contribution in [0.5, 0.6) is 0 Å². The van der Waals surface area contributed by atoms with E-state index < -0.39 is 0 Å². The second-order valence-electron chi connectivity index (χ2n) is 3.50. The number of rotatable bonds is 2. The molecule has 0 amide bonds. The first-order valence-corrected chi connectivity index (χ1v) is 4.89. The highest BCUT2D eigenvalue weighted by Crippen LogP contribution is 2.13. The first-order chi connectivity index (χ1) is 7.70. The SMILES string of the molecule is Cc1nn(-c2cccc(F)c2)cc1CC#N. The van der Waals surface area contributed by atoms with E-state index >= 15 is 0 Å². The van der Waals surface area contributed by atoms with Crippen molar-refractivity contribution in [2.75, 3.05) is 0 Å². The van der Waals surface area contributed by atoms with E-state index in [-0.39, 0.29) is 5.82 Å². The third kappa shape index (κ3) is 1.94. The molecule has 3 nitrogen and oxygen atoms in total. The predicted molar refractivity (Wildman–Crippen MR) is 57.6 cm³/mol. The van der Waals surface area contributed by atoms with Crippen LogP contribution in [0, 0.1) is 24.1 Å². The van der Waals surface area contributed by atoms with Crippen LogP contribution in [0.15, 0.2) is 30.5 Å². The Labute approximate surface area is 92.7 Å². The molecule has 0 saturated carbocycles. The maximum Gasteiger partial charge on any atom is 0.125 e. The molecule has 0 aliphatic heterocycles. The molecular weight excluding hydrogens is 205 g/mol. The van der Waals surface area contributed by atoms with E-state index in [9.17, 15) is 4.39 Å². The lowest BCUT2D eigenvalue weighted by molar-refractivity contribution is 0.625. The van der Waals surface area contributed by atoms with Gasteiger partial charge >= 0.3 is 0 Å². The van der Waals surface area contributed by atoms with Crippen LogP contribution in [0.3, 0.4) is 0 Å².